The Kier molecular flexibility index (Phi) is 5.34. The van der Waals surface area contributed by atoms with Crippen molar-refractivity contribution in [3.63, 3.8) is 0 Å². The molecule has 1 heterocycles. The molecule has 3 unspecified atom stereocenters. The van der Waals surface area contributed by atoms with Crippen LogP contribution in [0.5, 0.6) is 0 Å². The van der Waals surface area contributed by atoms with Crippen molar-refractivity contribution in [3.8, 4) is 0 Å². The fourth-order valence-corrected chi connectivity index (χ4v) is 3.52. The van der Waals surface area contributed by atoms with Crippen LogP contribution in [0.2, 0.25) is 0 Å². The second-order valence-corrected chi connectivity index (χ2v) is 5.77. The Balaban J connectivity index is 2.19. The SMILES string of the molecule is CCc1cnccc1C(NN)C1CCCC(CC)C1. The van der Waals surface area contributed by atoms with Crippen molar-refractivity contribution in [3.05, 3.63) is 29.6 Å². The molecule has 19 heavy (non-hydrogen) atoms. The highest BCUT2D eigenvalue weighted by molar-refractivity contribution is 5.27. The summed E-state index contributed by atoms with van der Waals surface area (Å²) in [7, 11) is 0. The molecule has 1 aromatic rings. The second-order valence-electron chi connectivity index (χ2n) is 5.77. The summed E-state index contributed by atoms with van der Waals surface area (Å²) in [6.45, 7) is 4.49. The molecule has 0 radical (unpaired) electrons. The van der Waals surface area contributed by atoms with Gasteiger partial charge in [-0.2, -0.15) is 0 Å². The number of aromatic nitrogens is 1. The minimum Gasteiger partial charge on any atom is -0.271 e. The Morgan fingerprint density at radius 1 is 1.42 bits per heavy atom. The van der Waals surface area contributed by atoms with Crippen molar-refractivity contribution in [1.82, 2.24) is 10.4 Å². The first kappa shape index (κ1) is 14.5. The molecule has 1 saturated carbocycles. The first-order chi connectivity index (χ1) is 9.30. The van der Waals surface area contributed by atoms with E-state index in [4.69, 9.17) is 5.84 Å². The number of pyridine rings is 1. The van der Waals surface area contributed by atoms with Crippen LogP contribution in [0.1, 0.15) is 63.1 Å². The zero-order valence-electron chi connectivity index (χ0n) is 12.2. The van der Waals surface area contributed by atoms with Gasteiger partial charge in [0.2, 0.25) is 0 Å². The minimum atomic E-state index is 0.285. The van der Waals surface area contributed by atoms with Gasteiger partial charge >= 0.3 is 0 Å². The van der Waals surface area contributed by atoms with E-state index >= 15 is 0 Å². The maximum Gasteiger partial charge on any atom is 0.0492 e. The molecule has 0 aliphatic heterocycles. The summed E-state index contributed by atoms with van der Waals surface area (Å²) in [5.41, 5.74) is 5.75. The fourth-order valence-electron chi connectivity index (χ4n) is 3.52. The molecule has 106 valence electrons. The first-order valence-electron chi connectivity index (χ1n) is 7.69. The summed E-state index contributed by atoms with van der Waals surface area (Å²) >= 11 is 0. The van der Waals surface area contributed by atoms with Crippen LogP contribution in [0, 0.1) is 11.8 Å². The summed E-state index contributed by atoms with van der Waals surface area (Å²) < 4.78 is 0. The monoisotopic (exact) mass is 261 g/mol. The predicted molar refractivity (Wildman–Crippen MR) is 79.4 cm³/mol. The van der Waals surface area contributed by atoms with Crippen molar-refractivity contribution < 1.29 is 0 Å². The fraction of sp³-hybridized carbons (Fsp3) is 0.688. The molecule has 0 amide bonds. The number of rotatable bonds is 5. The van der Waals surface area contributed by atoms with Crippen molar-refractivity contribution >= 4 is 0 Å². The van der Waals surface area contributed by atoms with Crippen LogP contribution in [-0.4, -0.2) is 4.98 Å². The molecule has 0 spiro atoms. The lowest BCUT2D eigenvalue weighted by molar-refractivity contribution is 0.209. The molecule has 1 aliphatic rings. The normalized spacial score (nSPS) is 25.2. The van der Waals surface area contributed by atoms with Gasteiger partial charge in [0.1, 0.15) is 0 Å². The summed E-state index contributed by atoms with van der Waals surface area (Å²) in [6.07, 6.45) is 11.5. The van der Waals surface area contributed by atoms with E-state index in [1.807, 2.05) is 12.4 Å². The molecule has 0 bridgehead atoms. The van der Waals surface area contributed by atoms with Crippen LogP contribution >= 0.6 is 0 Å². The third-order valence-corrected chi connectivity index (χ3v) is 4.71. The van der Waals surface area contributed by atoms with Gasteiger partial charge < -0.3 is 0 Å². The Hall–Kier alpha value is -0.930. The molecule has 0 saturated heterocycles. The third-order valence-electron chi connectivity index (χ3n) is 4.71. The van der Waals surface area contributed by atoms with E-state index in [0.717, 1.165) is 12.3 Å². The first-order valence-corrected chi connectivity index (χ1v) is 7.69. The Morgan fingerprint density at radius 2 is 2.26 bits per heavy atom. The number of nitrogens with zero attached hydrogens (tertiary/aromatic N) is 1. The number of aryl methyl sites for hydroxylation is 1. The number of hydrogen-bond acceptors (Lipinski definition) is 3. The van der Waals surface area contributed by atoms with Crippen molar-refractivity contribution in [1.29, 1.82) is 0 Å². The highest BCUT2D eigenvalue weighted by Crippen LogP contribution is 2.38. The smallest absolute Gasteiger partial charge is 0.0492 e. The zero-order valence-corrected chi connectivity index (χ0v) is 12.2. The van der Waals surface area contributed by atoms with E-state index in [0.29, 0.717) is 5.92 Å². The molecule has 0 aromatic carbocycles. The van der Waals surface area contributed by atoms with E-state index in [9.17, 15) is 0 Å². The van der Waals surface area contributed by atoms with E-state index in [2.05, 4.69) is 30.3 Å². The molecule has 3 heteroatoms. The van der Waals surface area contributed by atoms with Gasteiger partial charge in [-0.15, -0.1) is 0 Å². The largest absolute Gasteiger partial charge is 0.271 e. The summed E-state index contributed by atoms with van der Waals surface area (Å²) in [5.74, 6) is 7.42. The number of nitrogens with one attached hydrogen (secondary N) is 1. The number of hydrazine groups is 1. The van der Waals surface area contributed by atoms with Gasteiger partial charge in [-0.1, -0.05) is 33.1 Å². The lowest BCUT2D eigenvalue weighted by Crippen LogP contribution is -2.36. The van der Waals surface area contributed by atoms with E-state index in [1.54, 1.807) is 0 Å². The van der Waals surface area contributed by atoms with E-state index < -0.39 is 0 Å². The van der Waals surface area contributed by atoms with Gasteiger partial charge in [0.15, 0.2) is 0 Å². The van der Waals surface area contributed by atoms with Crippen LogP contribution < -0.4 is 11.3 Å². The lowest BCUT2D eigenvalue weighted by Gasteiger charge is -2.35. The highest BCUT2D eigenvalue weighted by atomic mass is 15.2. The van der Waals surface area contributed by atoms with Crippen LogP contribution in [0.4, 0.5) is 0 Å². The Bertz CT molecular complexity index is 391. The summed E-state index contributed by atoms with van der Waals surface area (Å²) in [5, 5.41) is 0. The van der Waals surface area contributed by atoms with Crippen LogP contribution in [0.25, 0.3) is 0 Å². The van der Waals surface area contributed by atoms with Crippen LogP contribution in [0.3, 0.4) is 0 Å². The number of nitrogens with two attached hydrogens (primary N) is 1. The standard InChI is InChI=1S/C16H27N3/c1-3-12-6-5-7-14(10-12)16(19-17)15-8-9-18-11-13(15)4-2/h8-9,11-12,14,16,19H,3-7,10,17H2,1-2H3. The maximum absolute atomic E-state index is 5.88. The topological polar surface area (TPSA) is 50.9 Å². The molecule has 3 atom stereocenters. The second kappa shape index (κ2) is 7.01. The van der Waals surface area contributed by atoms with Crippen LogP contribution in [0.15, 0.2) is 18.5 Å². The molecule has 3 N–H and O–H groups in total. The van der Waals surface area contributed by atoms with Gasteiger partial charge in [0.05, 0.1) is 0 Å². The van der Waals surface area contributed by atoms with Gasteiger partial charge in [-0.05, 0) is 48.3 Å². The zero-order chi connectivity index (χ0) is 13.7. The molecule has 1 fully saturated rings. The van der Waals surface area contributed by atoms with Crippen molar-refractivity contribution in [2.45, 2.75) is 58.4 Å². The van der Waals surface area contributed by atoms with Gasteiger partial charge in [-0.25, -0.2) is 0 Å². The van der Waals surface area contributed by atoms with E-state index in [-0.39, 0.29) is 6.04 Å². The molecule has 1 aromatic heterocycles. The van der Waals surface area contributed by atoms with Crippen molar-refractivity contribution in [2.75, 3.05) is 0 Å². The van der Waals surface area contributed by atoms with Crippen LogP contribution in [-0.2, 0) is 6.42 Å². The van der Waals surface area contributed by atoms with Gasteiger partial charge in [0.25, 0.3) is 0 Å². The average molecular weight is 261 g/mol. The average Bonchev–Trinajstić information content (AvgIpc) is 2.49. The minimum absolute atomic E-state index is 0.285. The predicted octanol–water partition coefficient (Wildman–Crippen LogP) is 3.36. The Labute approximate surface area is 117 Å². The van der Waals surface area contributed by atoms with Crippen molar-refractivity contribution in [2.24, 2.45) is 17.7 Å². The number of hydrogen-bond donors (Lipinski definition) is 2. The Morgan fingerprint density at radius 3 is 2.95 bits per heavy atom. The van der Waals surface area contributed by atoms with E-state index in [1.165, 1.54) is 43.2 Å². The highest BCUT2D eigenvalue weighted by Gasteiger charge is 2.29. The summed E-state index contributed by atoms with van der Waals surface area (Å²) in [6, 6.07) is 2.42. The van der Waals surface area contributed by atoms with Gasteiger partial charge in [0, 0.05) is 18.4 Å². The maximum atomic E-state index is 5.88. The van der Waals surface area contributed by atoms with Gasteiger partial charge in [-0.3, -0.25) is 16.3 Å². The molecular formula is C16H27N3. The quantitative estimate of drug-likeness (QED) is 0.631. The molecular weight excluding hydrogens is 234 g/mol. The molecule has 1 aliphatic carbocycles. The lowest BCUT2D eigenvalue weighted by atomic mass is 9.75. The summed E-state index contributed by atoms with van der Waals surface area (Å²) in [4.78, 5) is 4.24. The third kappa shape index (κ3) is 3.34. The molecule has 2 rings (SSSR count). The molecule has 3 nitrogen and oxygen atoms in total.